The van der Waals surface area contributed by atoms with Gasteiger partial charge in [0.1, 0.15) is 5.76 Å². The lowest BCUT2D eigenvalue weighted by molar-refractivity contribution is -0.137. The van der Waals surface area contributed by atoms with Gasteiger partial charge in [0.05, 0.1) is 24.7 Å². The van der Waals surface area contributed by atoms with Crippen molar-refractivity contribution >= 4 is 5.97 Å². The van der Waals surface area contributed by atoms with Crippen molar-refractivity contribution < 1.29 is 14.3 Å². The van der Waals surface area contributed by atoms with Crippen molar-refractivity contribution in [3.63, 3.8) is 0 Å². The molecule has 0 amide bonds. The van der Waals surface area contributed by atoms with Crippen LogP contribution in [0.1, 0.15) is 51.9 Å². The molecule has 0 aromatic rings. The molecule has 2 rings (SSSR count). The maximum absolute atomic E-state index is 11.1. The lowest BCUT2D eigenvalue weighted by Gasteiger charge is -2.35. The second kappa shape index (κ2) is 5.53. The molecule has 2 aliphatic rings. The number of nitriles is 1. The molecule has 1 spiro atoms. The van der Waals surface area contributed by atoms with Crippen molar-refractivity contribution in [2.24, 2.45) is 0 Å². The van der Waals surface area contributed by atoms with Gasteiger partial charge in [0.25, 0.3) is 0 Å². The summed E-state index contributed by atoms with van der Waals surface area (Å²) in [5.41, 5.74) is 1.05. The number of rotatable bonds is 2. The highest BCUT2D eigenvalue weighted by molar-refractivity contribution is 5.67. The van der Waals surface area contributed by atoms with E-state index in [0.29, 0.717) is 12.4 Å². The largest absolute Gasteiger partial charge is 0.430 e. The molecule has 1 saturated carbocycles. The van der Waals surface area contributed by atoms with Crippen LogP contribution in [0.4, 0.5) is 0 Å². The van der Waals surface area contributed by atoms with E-state index in [0.717, 1.165) is 31.3 Å². The number of carbonyl (C=O) groups excluding carboxylic acids is 1. The monoisotopic (exact) mass is 249 g/mol. The summed E-state index contributed by atoms with van der Waals surface area (Å²) in [6.07, 6.45) is 6.32. The van der Waals surface area contributed by atoms with Crippen molar-refractivity contribution in [3.05, 3.63) is 11.3 Å². The van der Waals surface area contributed by atoms with Crippen molar-refractivity contribution in [2.45, 2.75) is 57.5 Å². The van der Waals surface area contributed by atoms with Gasteiger partial charge in [0.2, 0.25) is 0 Å². The Bertz CT molecular complexity index is 400. The molecular formula is C14H19NO3. The normalized spacial score (nSPS) is 24.7. The Kier molecular flexibility index (Phi) is 4.03. The molecule has 0 bridgehead atoms. The van der Waals surface area contributed by atoms with E-state index in [1.165, 1.54) is 19.8 Å². The molecule has 18 heavy (non-hydrogen) atoms. The van der Waals surface area contributed by atoms with Gasteiger partial charge in [-0.2, -0.15) is 5.26 Å². The van der Waals surface area contributed by atoms with Gasteiger partial charge in [-0.05, 0) is 24.8 Å². The van der Waals surface area contributed by atoms with Crippen molar-refractivity contribution in [3.8, 4) is 6.07 Å². The zero-order valence-corrected chi connectivity index (χ0v) is 10.8. The minimum absolute atomic E-state index is 0.0472. The quantitative estimate of drug-likeness (QED) is 0.557. The predicted octanol–water partition coefficient (Wildman–Crippen LogP) is 2.84. The van der Waals surface area contributed by atoms with Gasteiger partial charge >= 0.3 is 5.97 Å². The zero-order chi connectivity index (χ0) is 13.0. The van der Waals surface area contributed by atoms with Crippen molar-refractivity contribution in [2.75, 3.05) is 6.61 Å². The minimum Gasteiger partial charge on any atom is -0.430 e. The molecule has 0 radical (unpaired) electrons. The minimum atomic E-state index is -0.347. The number of hydrogen-bond donors (Lipinski definition) is 0. The topological polar surface area (TPSA) is 59.3 Å². The molecule has 4 nitrogen and oxygen atoms in total. The van der Waals surface area contributed by atoms with E-state index in [-0.39, 0.29) is 18.0 Å². The summed E-state index contributed by atoms with van der Waals surface area (Å²) in [5.74, 6) is 0.208. The van der Waals surface area contributed by atoms with E-state index >= 15 is 0 Å². The Balaban J connectivity index is 2.17. The van der Waals surface area contributed by atoms with Crippen LogP contribution in [0.3, 0.4) is 0 Å². The second-order valence-electron chi connectivity index (χ2n) is 5.12. The summed E-state index contributed by atoms with van der Waals surface area (Å²) >= 11 is 0. The van der Waals surface area contributed by atoms with Crippen LogP contribution in [0.15, 0.2) is 11.3 Å². The molecule has 0 aromatic heterocycles. The molecule has 0 aromatic carbocycles. The highest BCUT2D eigenvalue weighted by Gasteiger charge is 2.39. The molecule has 1 aliphatic carbocycles. The van der Waals surface area contributed by atoms with Gasteiger partial charge < -0.3 is 9.47 Å². The summed E-state index contributed by atoms with van der Waals surface area (Å²) in [6.45, 7) is 2.05. The van der Waals surface area contributed by atoms with E-state index in [2.05, 4.69) is 6.07 Å². The fraction of sp³-hybridized carbons (Fsp3) is 0.714. The molecule has 2 fully saturated rings. The average Bonchev–Trinajstić information content (AvgIpc) is 2.76. The first-order chi connectivity index (χ1) is 8.65. The number of nitrogens with zero attached hydrogens (tertiary/aromatic N) is 1. The molecule has 4 heteroatoms. The number of allylic oxidation sites excluding steroid dienone is 1. The lowest BCUT2D eigenvalue weighted by Crippen LogP contribution is -2.34. The Labute approximate surface area is 108 Å². The second-order valence-corrected chi connectivity index (χ2v) is 5.12. The molecular weight excluding hydrogens is 230 g/mol. The summed E-state index contributed by atoms with van der Waals surface area (Å²) < 4.78 is 11.1. The summed E-state index contributed by atoms with van der Waals surface area (Å²) in [7, 11) is 0. The SMILES string of the molecule is CC(=O)OC(CC#N)=C1CCOC2(CCCC2)C1. The lowest BCUT2D eigenvalue weighted by atomic mass is 9.87. The fourth-order valence-corrected chi connectivity index (χ4v) is 2.98. The molecule has 1 heterocycles. The maximum atomic E-state index is 11.1. The Morgan fingerprint density at radius 1 is 1.50 bits per heavy atom. The first kappa shape index (κ1) is 13.1. The van der Waals surface area contributed by atoms with Crippen LogP contribution in [0.5, 0.6) is 0 Å². The van der Waals surface area contributed by atoms with Gasteiger partial charge in [-0.1, -0.05) is 12.8 Å². The van der Waals surface area contributed by atoms with Gasteiger partial charge in [-0.15, -0.1) is 0 Å². The van der Waals surface area contributed by atoms with E-state index < -0.39 is 0 Å². The van der Waals surface area contributed by atoms with Crippen molar-refractivity contribution in [1.29, 1.82) is 5.26 Å². The molecule has 98 valence electrons. The third-order valence-corrected chi connectivity index (χ3v) is 3.76. The van der Waals surface area contributed by atoms with Crippen LogP contribution < -0.4 is 0 Å². The fourth-order valence-electron chi connectivity index (χ4n) is 2.98. The molecule has 0 N–H and O–H groups in total. The first-order valence-electron chi connectivity index (χ1n) is 6.55. The highest BCUT2D eigenvalue weighted by atomic mass is 16.5. The Hall–Kier alpha value is -1.34. The summed E-state index contributed by atoms with van der Waals surface area (Å²) in [5, 5.41) is 8.83. The Morgan fingerprint density at radius 2 is 2.22 bits per heavy atom. The highest BCUT2D eigenvalue weighted by Crippen LogP contribution is 2.42. The van der Waals surface area contributed by atoms with Crippen LogP contribution >= 0.6 is 0 Å². The predicted molar refractivity (Wildman–Crippen MR) is 65.4 cm³/mol. The van der Waals surface area contributed by atoms with Crippen LogP contribution in [-0.2, 0) is 14.3 Å². The van der Waals surface area contributed by atoms with Crippen molar-refractivity contribution in [1.82, 2.24) is 0 Å². The molecule has 0 unspecified atom stereocenters. The Morgan fingerprint density at radius 3 is 2.83 bits per heavy atom. The molecule has 1 aliphatic heterocycles. The van der Waals surface area contributed by atoms with E-state index in [4.69, 9.17) is 14.7 Å². The standard InChI is InChI=1S/C14H19NO3/c1-11(16)18-13(4-8-15)12-5-9-17-14(10-12)6-2-3-7-14/h2-7,9-10H2,1H3. The average molecular weight is 249 g/mol. The van der Waals surface area contributed by atoms with E-state index in [1.807, 2.05) is 0 Å². The van der Waals surface area contributed by atoms with Gasteiger partial charge in [0.15, 0.2) is 0 Å². The maximum Gasteiger partial charge on any atom is 0.307 e. The van der Waals surface area contributed by atoms with E-state index in [1.54, 1.807) is 0 Å². The summed E-state index contributed by atoms with van der Waals surface area (Å²) in [4.78, 5) is 11.1. The molecule has 0 atom stereocenters. The van der Waals surface area contributed by atoms with Crippen LogP contribution in [0.25, 0.3) is 0 Å². The van der Waals surface area contributed by atoms with E-state index in [9.17, 15) is 4.79 Å². The van der Waals surface area contributed by atoms with Gasteiger partial charge in [0, 0.05) is 13.3 Å². The first-order valence-corrected chi connectivity index (χ1v) is 6.55. The van der Waals surface area contributed by atoms with Crippen LogP contribution in [0.2, 0.25) is 0 Å². The van der Waals surface area contributed by atoms with Crippen LogP contribution in [-0.4, -0.2) is 18.2 Å². The zero-order valence-electron chi connectivity index (χ0n) is 10.8. The summed E-state index contributed by atoms with van der Waals surface area (Å²) in [6, 6.07) is 2.07. The number of ether oxygens (including phenoxy) is 2. The number of hydrogen-bond acceptors (Lipinski definition) is 4. The third kappa shape index (κ3) is 2.91. The smallest absolute Gasteiger partial charge is 0.307 e. The molecule has 1 saturated heterocycles. The van der Waals surface area contributed by atoms with Gasteiger partial charge in [-0.25, -0.2) is 0 Å². The number of carbonyl (C=O) groups is 1. The van der Waals surface area contributed by atoms with Crippen LogP contribution in [0, 0.1) is 11.3 Å². The number of esters is 1. The third-order valence-electron chi connectivity index (χ3n) is 3.76. The van der Waals surface area contributed by atoms with Gasteiger partial charge in [-0.3, -0.25) is 4.79 Å².